The standard InChI is InChI=1S/C31H29NO4/c1-22-12-15-25(20-28(22)35-30(33)18-13-23-8-4-2-5-9-23)26-16-17-27(32)29(21-26)36-31(34)19-14-24-10-6-3-7-11-24/h2-21,30-31,33-34H,32H2,1H3. The van der Waals surface area contributed by atoms with Gasteiger partial charge in [-0.15, -0.1) is 0 Å². The maximum absolute atomic E-state index is 10.4. The molecule has 0 aliphatic rings. The zero-order valence-electron chi connectivity index (χ0n) is 20.0. The van der Waals surface area contributed by atoms with Crippen LogP contribution in [0.15, 0.2) is 109 Å². The topological polar surface area (TPSA) is 84.9 Å². The Kier molecular flexibility index (Phi) is 8.19. The molecule has 4 N–H and O–H groups in total. The van der Waals surface area contributed by atoms with Crippen molar-refractivity contribution in [2.45, 2.75) is 19.5 Å². The summed E-state index contributed by atoms with van der Waals surface area (Å²) in [5.41, 5.74) is 11.0. The van der Waals surface area contributed by atoms with Crippen LogP contribution in [0.25, 0.3) is 23.3 Å². The van der Waals surface area contributed by atoms with E-state index in [0.717, 1.165) is 27.8 Å². The van der Waals surface area contributed by atoms with Gasteiger partial charge in [0, 0.05) is 0 Å². The first-order valence-corrected chi connectivity index (χ1v) is 11.6. The average molecular weight is 480 g/mol. The Morgan fingerprint density at radius 1 is 0.639 bits per heavy atom. The van der Waals surface area contributed by atoms with Gasteiger partial charge < -0.3 is 25.4 Å². The van der Waals surface area contributed by atoms with Crippen molar-refractivity contribution < 1.29 is 19.7 Å². The van der Waals surface area contributed by atoms with Gasteiger partial charge in [0.1, 0.15) is 11.5 Å². The lowest BCUT2D eigenvalue weighted by Crippen LogP contribution is -2.13. The Morgan fingerprint density at radius 2 is 1.11 bits per heavy atom. The summed E-state index contributed by atoms with van der Waals surface area (Å²) in [6.45, 7) is 1.92. The van der Waals surface area contributed by atoms with Crippen LogP contribution in [0.3, 0.4) is 0 Å². The molecule has 0 amide bonds. The van der Waals surface area contributed by atoms with E-state index in [1.807, 2.05) is 97.9 Å². The molecular formula is C31H29NO4. The molecule has 182 valence electrons. The number of anilines is 1. The van der Waals surface area contributed by atoms with E-state index >= 15 is 0 Å². The third kappa shape index (κ3) is 6.85. The van der Waals surface area contributed by atoms with Crippen LogP contribution in [0.1, 0.15) is 16.7 Å². The van der Waals surface area contributed by atoms with Gasteiger partial charge in [-0.1, -0.05) is 91.0 Å². The summed E-state index contributed by atoms with van der Waals surface area (Å²) in [7, 11) is 0. The number of nitrogen functional groups attached to an aromatic ring is 1. The van der Waals surface area contributed by atoms with Gasteiger partial charge in [0.2, 0.25) is 12.6 Å². The molecule has 0 aromatic heterocycles. The zero-order chi connectivity index (χ0) is 25.3. The second-order valence-corrected chi connectivity index (χ2v) is 8.29. The van der Waals surface area contributed by atoms with Crippen LogP contribution in [0.4, 0.5) is 5.69 Å². The molecular weight excluding hydrogens is 450 g/mol. The zero-order valence-corrected chi connectivity index (χ0v) is 20.0. The first-order valence-electron chi connectivity index (χ1n) is 11.6. The van der Waals surface area contributed by atoms with Crippen LogP contribution >= 0.6 is 0 Å². The van der Waals surface area contributed by atoms with E-state index in [4.69, 9.17) is 15.2 Å². The van der Waals surface area contributed by atoms with E-state index in [1.165, 1.54) is 0 Å². The summed E-state index contributed by atoms with van der Waals surface area (Å²) in [4.78, 5) is 0. The molecule has 5 heteroatoms. The number of aryl methyl sites for hydroxylation is 1. The maximum atomic E-state index is 10.4. The predicted molar refractivity (Wildman–Crippen MR) is 145 cm³/mol. The first kappa shape index (κ1) is 24.8. The molecule has 0 bridgehead atoms. The molecule has 2 atom stereocenters. The van der Waals surface area contributed by atoms with Crippen LogP contribution in [-0.4, -0.2) is 22.8 Å². The molecule has 4 aromatic rings. The van der Waals surface area contributed by atoms with Crippen molar-refractivity contribution in [2.24, 2.45) is 0 Å². The smallest absolute Gasteiger partial charge is 0.217 e. The van der Waals surface area contributed by atoms with Gasteiger partial charge in [0.25, 0.3) is 0 Å². The molecule has 0 saturated carbocycles. The second kappa shape index (κ2) is 11.9. The molecule has 0 fully saturated rings. The molecule has 36 heavy (non-hydrogen) atoms. The van der Waals surface area contributed by atoms with Crippen molar-refractivity contribution >= 4 is 17.8 Å². The Hall–Kier alpha value is -4.32. The molecule has 4 aromatic carbocycles. The molecule has 0 aliphatic heterocycles. The molecule has 0 radical (unpaired) electrons. The predicted octanol–water partition coefficient (Wildman–Crippen LogP) is 6.07. The Labute approximate surface area is 211 Å². The van der Waals surface area contributed by atoms with E-state index in [1.54, 1.807) is 30.4 Å². The van der Waals surface area contributed by atoms with Gasteiger partial charge in [-0.2, -0.15) is 0 Å². The van der Waals surface area contributed by atoms with Gasteiger partial charge in [-0.25, -0.2) is 0 Å². The molecule has 4 rings (SSSR count). The average Bonchev–Trinajstić information content (AvgIpc) is 2.90. The summed E-state index contributed by atoms with van der Waals surface area (Å²) < 4.78 is 11.5. The van der Waals surface area contributed by atoms with Crippen molar-refractivity contribution in [3.8, 4) is 22.6 Å². The van der Waals surface area contributed by atoms with Gasteiger partial charge in [0.15, 0.2) is 0 Å². The fourth-order valence-corrected chi connectivity index (χ4v) is 3.58. The number of rotatable bonds is 9. The summed E-state index contributed by atoms with van der Waals surface area (Å²) >= 11 is 0. The van der Waals surface area contributed by atoms with Crippen molar-refractivity contribution in [1.29, 1.82) is 0 Å². The molecule has 0 saturated heterocycles. The Balaban J connectivity index is 1.48. The highest BCUT2D eigenvalue weighted by Crippen LogP contribution is 2.33. The monoisotopic (exact) mass is 479 g/mol. The number of hydrogen-bond donors (Lipinski definition) is 3. The maximum Gasteiger partial charge on any atom is 0.217 e. The molecule has 5 nitrogen and oxygen atoms in total. The second-order valence-electron chi connectivity index (χ2n) is 8.29. The fraction of sp³-hybridized carbons (Fsp3) is 0.0968. The third-order valence-corrected chi connectivity index (χ3v) is 5.54. The highest BCUT2D eigenvalue weighted by molar-refractivity contribution is 5.71. The van der Waals surface area contributed by atoms with Gasteiger partial charge in [-0.3, -0.25) is 0 Å². The normalized spacial score (nSPS) is 13.1. The molecule has 0 spiro atoms. The molecule has 2 unspecified atom stereocenters. The minimum atomic E-state index is -1.16. The highest BCUT2D eigenvalue weighted by Gasteiger charge is 2.11. The van der Waals surface area contributed by atoms with Crippen molar-refractivity contribution in [3.63, 3.8) is 0 Å². The minimum Gasteiger partial charge on any atom is -0.461 e. The minimum absolute atomic E-state index is 0.367. The van der Waals surface area contributed by atoms with E-state index in [0.29, 0.717) is 17.2 Å². The Bertz CT molecular complexity index is 1230. The number of hydrogen-bond acceptors (Lipinski definition) is 5. The van der Waals surface area contributed by atoms with Gasteiger partial charge in [-0.05, 0) is 65.1 Å². The number of nitrogens with two attached hydrogens (primary N) is 1. The molecule has 0 aliphatic carbocycles. The van der Waals surface area contributed by atoms with E-state index in [-0.39, 0.29) is 0 Å². The van der Waals surface area contributed by atoms with Crippen molar-refractivity contribution in [2.75, 3.05) is 5.73 Å². The largest absolute Gasteiger partial charge is 0.461 e. The summed E-state index contributed by atoms with van der Waals surface area (Å²) in [5.74, 6) is 0.925. The first-order chi connectivity index (χ1) is 17.5. The number of ether oxygens (including phenoxy) is 2. The van der Waals surface area contributed by atoms with Crippen LogP contribution in [0.5, 0.6) is 11.5 Å². The van der Waals surface area contributed by atoms with Crippen LogP contribution < -0.4 is 15.2 Å². The number of aliphatic hydroxyl groups is 2. The van der Waals surface area contributed by atoms with E-state index in [9.17, 15) is 10.2 Å². The third-order valence-electron chi connectivity index (χ3n) is 5.54. The Morgan fingerprint density at radius 3 is 1.67 bits per heavy atom. The summed E-state index contributed by atoms with van der Waals surface area (Å²) in [6.07, 6.45) is 4.49. The summed E-state index contributed by atoms with van der Waals surface area (Å²) in [6, 6.07) is 30.5. The van der Waals surface area contributed by atoms with Crippen LogP contribution in [0.2, 0.25) is 0 Å². The summed E-state index contributed by atoms with van der Waals surface area (Å²) in [5, 5.41) is 20.7. The number of benzene rings is 4. The van der Waals surface area contributed by atoms with Crippen LogP contribution in [0, 0.1) is 6.92 Å². The quantitative estimate of drug-likeness (QED) is 0.201. The van der Waals surface area contributed by atoms with Crippen molar-refractivity contribution in [3.05, 3.63) is 126 Å². The lowest BCUT2D eigenvalue weighted by molar-refractivity contribution is 0.0247. The van der Waals surface area contributed by atoms with Crippen LogP contribution in [-0.2, 0) is 0 Å². The number of aliphatic hydroxyl groups excluding tert-OH is 2. The fourth-order valence-electron chi connectivity index (χ4n) is 3.58. The van der Waals surface area contributed by atoms with E-state index < -0.39 is 12.6 Å². The lowest BCUT2D eigenvalue weighted by Gasteiger charge is -2.16. The van der Waals surface area contributed by atoms with Gasteiger partial charge >= 0.3 is 0 Å². The molecule has 0 heterocycles. The lowest BCUT2D eigenvalue weighted by atomic mass is 10.0. The SMILES string of the molecule is Cc1ccc(-c2ccc(N)c(OC(O)C=Cc3ccccc3)c2)cc1OC(O)C=Cc1ccccc1. The van der Waals surface area contributed by atoms with E-state index in [2.05, 4.69) is 0 Å². The van der Waals surface area contributed by atoms with Crippen molar-refractivity contribution in [1.82, 2.24) is 0 Å². The van der Waals surface area contributed by atoms with Gasteiger partial charge in [0.05, 0.1) is 5.69 Å². The highest BCUT2D eigenvalue weighted by atomic mass is 16.6.